The van der Waals surface area contributed by atoms with E-state index in [1.54, 1.807) is 33.5 Å². The number of alkyl halides is 1. The molecule has 0 radical (unpaired) electrons. The van der Waals surface area contributed by atoms with E-state index in [0.29, 0.717) is 23.0 Å². The lowest BCUT2D eigenvalue weighted by Gasteiger charge is -2.18. The Balaban J connectivity index is 2.57. The Kier molecular flexibility index (Phi) is 6.08. The van der Waals surface area contributed by atoms with E-state index in [9.17, 15) is 4.79 Å². The first kappa shape index (κ1) is 18.6. The number of benzene rings is 1. The summed E-state index contributed by atoms with van der Waals surface area (Å²) in [4.78, 5) is 17.8. The molecule has 2 aromatic rings. The van der Waals surface area contributed by atoms with Crippen LogP contribution in [0.1, 0.15) is 21.6 Å². The molecule has 128 valence electrons. The van der Waals surface area contributed by atoms with Gasteiger partial charge in [-0.2, -0.15) is 0 Å². The van der Waals surface area contributed by atoms with E-state index in [-0.39, 0.29) is 5.91 Å². The zero-order chi connectivity index (χ0) is 17.9. The van der Waals surface area contributed by atoms with Crippen molar-refractivity contribution in [2.45, 2.75) is 13.3 Å². The van der Waals surface area contributed by atoms with Crippen LogP contribution in [0.2, 0.25) is 5.02 Å². The number of carbonyl (C=O) groups excluding carboxylic acids is 1. The predicted octanol–water partition coefficient (Wildman–Crippen LogP) is 4.20. The zero-order valence-electron chi connectivity index (χ0n) is 14.2. The van der Waals surface area contributed by atoms with Crippen molar-refractivity contribution in [2.75, 3.05) is 27.1 Å². The highest BCUT2D eigenvalue weighted by Crippen LogP contribution is 2.40. The Labute approximate surface area is 152 Å². The topological polar surface area (TPSA) is 42.4 Å². The van der Waals surface area contributed by atoms with Gasteiger partial charge in [0, 0.05) is 42.3 Å². The molecule has 0 unspecified atom stereocenters. The molecule has 0 saturated heterocycles. The summed E-state index contributed by atoms with van der Waals surface area (Å²) in [5.41, 5.74) is 3.97. The normalized spacial score (nSPS) is 10.6. The molecule has 2 rings (SSSR count). The Morgan fingerprint density at radius 1 is 1.33 bits per heavy atom. The molecule has 0 saturated carbocycles. The summed E-state index contributed by atoms with van der Waals surface area (Å²) in [6.45, 7) is 1.93. The van der Waals surface area contributed by atoms with E-state index in [2.05, 4.69) is 4.98 Å². The van der Waals surface area contributed by atoms with E-state index in [1.165, 1.54) is 4.90 Å². The van der Waals surface area contributed by atoms with Gasteiger partial charge in [-0.05, 0) is 36.6 Å². The Morgan fingerprint density at radius 3 is 2.54 bits per heavy atom. The molecule has 0 N–H and O–H groups in total. The fraction of sp³-hybridized carbons (Fsp3) is 0.333. The number of carbonyl (C=O) groups is 1. The standard InChI is InChI=1S/C18H20Cl2N2O2/c1-11-14(20)9-12(7-8-19)17(24-4)16(11)13-5-6-15(21-10-13)18(23)22(2)3/h5-6,9-10H,7-8H2,1-4H3. The van der Waals surface area contributed by atoms with Crippen molar-refractivity contribution >= 4 is 29.1 Å². The van der Waals surface area contributed by atoms with Crippen LogP contribution in [-0.4, -0.2) is 42.9 Å². The van der Waals surface area contributed by atoms with E-state index in [4.69, 9.17) is 27.9 Å². The summed E-state index contributed by atoms with van der Waals surface area (Å²) in [5.74, 6) is 1.08. The van der Waals surface area contributed by atoms with Gasteiger partial charge in [-0.3, -0.25) is 9.78 Å². The fourth-order valence-corrected chi connectivity index (χ4v) is 2.97. The summed E-state index contributed by atoms with van der Waals surface area (Å²) < 4.78 is 5.61. The van der Waals surface area contributed by atoms with Crippen LogP contribution < -0.4 is 4.74 Å². The molecule has 1 amide bonds. The lowest BCUT2D eigenvalue weighted by Crippen LogP contribution is -2.22. The summed E-state index contributed by atoms with van der Waals surface area (Å²) in [6, 6.07) is 5.45. The Bertz CT molecular complexity index is 744. The molecule has 0 aliphatic heterocycles. The van der Waals surface area contributed by atoms with Gasteiger partial charge in [0.15, 0.2) is 0 Å². The van der Waals surface area contributed by atoms with Crippen molar-refractivity contribution in [1.82, 2.24) is 9.88 Å². The van der Waals surface area contributed by atoms with Crippen LogP contribution >= 0.6 is 23.2 Å². The third-order valence-corrected chi connectivity index (χ3v) is 4.38. The van der Waals surface area contributed by atoms with Crippen molar-refractivity contribution in [3.63, 3.8) is 0 Å². The number of pyridine rings is 1. The number of hydrogen-bond donors (Lipinski definition) is 0. The second kappa shape index (κ2) is 7.86. The smallest absolute Gasteiger partial charge is 0.271 e. The van der Waals surface area contributed by atoms with Crippen LogP contribution in [-0.2, 0) is 6.42 Å². The van der Waals surface area contributed by atoms with Crippen LogP contribution in [0.15, 0.2) is 24.4 Å². The fourth-order valence-electron chi connectivity index (χ4n) is 2.54. The van der Waals surface area contributed by atoms with Crippen molar-refractivity contribution in [3.8, 4) is 16.9 Å². The Morgan fingerprint density at radius 2 is 2.04 bits per heavy atom. The highest BCUT2D eigenvalue weighted by Gasteiger charge is 2.18. The molecule has 1 heterocycles. The first-order valence-corrected chi connectivity index (χ1v) is 8.42. The minimum atomic E-state index is -0.140. The monoisotopic (exact) mass is 366 g/mol. The quantitative estimate of drug-likeness (QED) is 0.744. The molecular weight excluding hydrogens is 347 g/mol. The van der Waals surface area contributed by atoms with E-state index in [0.717, 1.165) is 28.0 Å². The van der Waals surface area contributed by atoms with Crippen LogP contribution in [0.3, 0.4) is 0 Å². The molecule has 1 aromatic carbocycles. The summed E-state index contributed by atoms with van der Waals surface area (Å²) in [6.07, 6.45) is 2.32. The summed E-state index contributed by atoms with van der Waals surface area (Å²) in [5, 5.41) is 0.652. The average Bonchev–Trinajstić information content (AvgIpc) is 2.57. The van der Waals surface area contributed by atoms with Crippen molar-refractivity contribution < 1.29 is 9.53 Å². The maximum Gasteiger partial charge on any atom is 0.271 e. The molecule has 1 aromatic heterocycles. The minimum Gasteiger partial charge on any atom is -0.496 e. The lowest BCUT2D eigenvalue weighted by atomic mass is 9.96. The molecule has 0 fully saturated rings. The third kappa shape index (κ3) is 3.65. The predicted molar refractivity (Wildman–Crippen MR) is 98.4 cm³/mol. The van der Waals surface area contributed by atoms with Gasteiger partial charge in [-0.25, -0.2) is 0 Å². The number of aryl methyl sites for hydroxylation is 1. The average molecular weight is 367 g/mol. The number of amides is 1. The number of hydrogen-bond acceptors (Lipinski definition) is 3. The molecular formula is C18H20Cl2N2O2. The summed E-state index contributed by atoms with van der Waals surface area (Å²) >= 11 is 12.3. The molecule has 6 heteroatoms. The van der Waals surface area contributed by atoms with E-state index in [1.807, 2.05) is 19.1 Å². The second-order valence-corrected chi connectivity index (χ2v) is 6.41. The molecule has 0 aliphatic rings. The maximum atomic E-state index is 12.0. The molecule has 4 nitrogen and oxygen atoms in total. The number of halogens is 2. The van der Waals surface area contributed by atoms with Gasteiger partial charge in [0.1, 0.15) is 11.4 Å². The number of methoxy groups -OCH3 is 1. The molecule has 0 atom stereocenters. The zero-order valence-corrected chi connectivity index (χ0v) is 15.7. The highest BCUT2D eigenvalue weighted by molar-refractivity contribution is 6.32. The highest BCUT2D eigenvalue weighted by atomic mass is 35.5. The molecule has 0 aliphatic carbocycles. The third-order valence-electron chi connectivity index (χ3n) is 3.80. The minimum absolute atomic E-state index is 0.140. The molecule has 0 spiro atoms. The molecule has 0 bridgehead atoms. The van der Waals surface area contributed by atoms with E-state index < -0.39 is 0 Å². The van der Waals surface area contributed by atoms with Crippen LogP contribution in [0.4, 0.5) is 0 Å². The van der Waals surface area contributed by atoms with Crippen molar-refractivity contribution in [3.05, 3.63) is 46.2 Å². The van der Waals surface area contributed by atoms with Crippen LogP contribution in [0.25, 0.3) is 11.1 Å². The maximum absolute atomic E-state index is 12.0. The largest absolute Gasteiger partial charge is 0.496 e. The van der Waals surface area contributed by atoms with E-state index >= 15 is 0 Å². The van der Waals surface area contributed by atoms with Gasteiger partial charge in [0.25, 0.3) is 5.91 Å². The van der Waals surface area contributed by atoms with Crippen molar-refractivity contribution in [1.29, 1.82) is 0 Å². The van der Waals surface area contributed by atoms with Crippen molar-refractivity contribution in [2.24, 2.45) is 0 Å². The van der Waals surface area contributed by atoms with Crippen LogP contribution in [0, 0.1) is 6.92 Å². The Hall–Kier alpha value is -1.78. The SMILES string of the molecule is COc1c(CCCl)cc(Cl)c(C)c1-c1ccc(C(=O)N(C)C)nc1. The van der Waals surface area contributed by atoms with Gasteiger partial charge < -0.3 is 9.64 Å². The first-order valence-electron chi connectivity index (χ1n) is 7.50. The lowest BCUT2D eigenvalue weighted by molar-refractivity contribution is 0.0822. The molecule has 24 heavy (non-hydrogen) atoms. The van der Waals surface area contributed by atoms with Gasteiger partial charge >= 0.3 is 0 Å². The first-order chi connectivity index (χ1) is 11.4. The van der Waals surface area contributed by atoms with Gasteiger partial charge in [-0.15, -0.1) is 11.6 Å². The number of aromatic nitrogens is 1. The van der Waals surface area contributed by atoms with Crippen LogP contribution in [0.5, 0.6) is 5.75 Å². The van der Waals surface area contributed by atoms with Gasteiger partial charge in [0.2, 0.25) is 0 Å². The number of rotatable bonds is 5. The second-order valence-electron chi connectivity index (χ2n) is 5.62. The van der Waals surface area contributed by atoms with Gasteiger partial charge in [-0.1, -0.05) is 17.7 Å². The summed E-state index contributed by atoms with van der Waals surface area (Å²) in [7, 11) is 5.02. The number of nitrogens with zero attached hydrogens (tertiary/aromatic N) is 2. The van der Waals surface area contributed by atoms with Gasteiger partial charge in [0.05, 0.1) is 7.11 Å². The number of ether oxygens (including phenoxy) is 1.